The van der Waals surface area contributed by atoms with Crippen LogP contribution < -0.4 is 0 Å². The van der Waals surface area contributed by atoms with Gasteiger partial charge < -0.3 is 9.29 Å². The highest BCUT2D eigenvalue weighted by atomic mass is 32.2. The Morgan fingerprint density at radius 2 is 2.00 bits per heavy atom. The van der Waals surface area contributed by atoms with Gasteiger partial charge in [-0.25, -0.2) is 0 Å². The zero-order chi connectivity index (χ0) is 9.68. The molecule has 0 aliphatic carbocycles. The largest absolute Gasteiger partial charge is 0.616 e. The Morgan fingerprint density at radius 3 is 2.54 bits per heavy atom. The molecule has 1 saturated heterocycles. The molecule has 78 valence electrons. The first-order valence-electron chi connectivity index (χ1n) is 5.15. The van der Waals surface area contributed by atoms with Gasteiger partial charge in [-0.15, -0.1) is 0 Å². The van der Waals surface area contributed by atoms with Gasteiger partial charge in [0.1, 0.15) is 11.5 Å². The molecule has 3 heteroatoms. The van der Waals surface area contributed by atoms with Gasteiger partial charge in [0.15, 0.2) is 0 Å². The van der Waals surface area contributed by atoms with E-state index in [1.807, 2.05) is 0 Å². The van der Waals surface area contributed by atoms with Crippen molar-refractivity contribution in [1.29, 1.82) is 0 Å². The lowest BCUT2D eigenvalue weighted by Gasteiger charge is -2.24. The molecule has 0 atom stereocenters. The maximum Gasteiger partial charge on any atom is 0.105 e. The summed E-state index contributed by atoms with van der Waals surface area (Å²) in [5.41, 5.74) is 0. The van der Waals surface area contributed by atoms with Crippen LogP contribution in [0.5, 0.6) is 0 Å². The maximum absolute atomic E-state index is 11.1. The summed E-state index contributed by atoms with van der Waals surface area (Å²) >= 11 is -0.516. The monoisotopic (exact) mass is 204 g/mol. The fourth-order valence-corrected chi connectivity index (χ4v) is 3.00. The van der Waals surface area contributed by atoms with Crippen molar-refractivity contribution in [2.75, 3.05) is 18.1 Å². The molecule has 0 saturated carbocycles. The quantitative estimate of drug-likeness (QED) is 0.656. The second-order valence-corrected chi connectivity index (χ2v) is 5.70. The molecule has 0 amide bonds. The maximum atomic E-state index is 11.1. The van der Waals surface area contributed by atoms with Crippen molar-refractivity contribution in [1.82, 2.24) is 0 Å². The third-order valence-electron chi connectivity index (χ3n) is 2.48. The number of rotatable bonds is 4. The summed E-state index contributed by atoms with van der Waals surface area (Å²) in [6, 6.07) is 0. The number of hydrogen-bond acceptors (Lipinski definition) is 2. The van der Waals surface area contributed by atoms with Crippen LogP contribution in [0.2, 0.25) is 0 Å². The molecule has 0 aromatic rings. The molecule has 0 radical (unpaired) electrons. The van der Waals surface area contributed by atoms with Gasteiger partial charge in [-0.3, -0.25) is 0 Å². The molecule has 1 rings (SSSR count). The zero-order valence-corrected chi connectivity index (χ0v) is 9.44. The highest BCUT2D eigenvalue weighted by Gasteiger charge is 2.21. The Hall–Kier alpha value is 0.270. The minimum Gasteiger partial charge on any atom is -0.616 e. The summed E-state index contributed by atoms with van der Waals surface area (Å²) < 4.78 is 16.6. The van der Waals surface area contributed by atoms with Gasteiger partial charge in [-0.2, -0.15) is 0 Å². The molecule has 2 nitrogen and oxygen atoms in total. The summed E-state index contributed by atoms with van der Waals surface area (Å²) in [6.07, 6.45) is 3.76. The second-order valence-electron chi connectivity index (χ2n) is 4.00. The summed E-state index contributed by atoms with van der Waals surface area (Å²) in [4.78, 5) is 0. The van der Waals surface area contributed by atoms with Crippen molar-refractivity contribution >= 4 is 11.2 Å². The summed E-state index contributed by atoms with van der Waals surface area (Å²) in [5, 5.41) is 0. The van der Waals surface area contributed by atoms with Gasteiger partial charge in [0.05, 0.1) is 6.10 Å². The van der Waals surface area contributed by atoms with Gasteiger partial charge in [-0.1, -0.05) is 11.2 Å². The van der Waals surface area contributed by atoms with Crippen LogP contribution in [0, 0.1) is 5.92 Å². The SMILES string of the molecule is CC(C)OCCC1CC[S+]([O-])CC1. The molecule has 13 heavy (non-hydrogen) atoms. The molecule has 0 aromatic carbocycles. The highest BCUT2D eigenvalue weighted by molar-refractivity contribution is 7.91. The van der Waals surface area contributed by atoms with Crippen LogP contribution in [-0.2, 0) is 15.9 Å². The summed E-state index contributed by atoms with van der Waals surface area (Å²) in [5.74, 6) is 2.58. The van der Waals surface area contributed by atoms with E-state index in [0.717, 1.165) is 43.3 Å². The normalized spacial score (nSPS) is 29.5. The first-order valence-corrected chi connectivity index (χ1v) is 6.64. The van der Waals surface area contributed by atoms with E-state index in [2.05, 4.69) is 13.8 Å². The zero-order valence-electron chi connectivity index (χ0n) is 8.62. The van der Waals surface area contributed by atoms with Crippen LogP contribution in [0.4, 0.5) is 0 Å². The van der Waals surface area contributed by atoms with Crippen molar-refractivity contribution in [2.24, 2.45) is 5.92 Å². The van der Waals surface area contributed by atoms with E-state index in [9.17, 15) is 4.55 Å². The molecule has 0 unspecified atom stereocenters. The smallest absolute Gasteiger partial charge is 0.105 e. The minimum atomic E-state index is -0.516. The van der Waals surface area contributed by atoms with E-state index in [4.69, 9.17) is 4.74 Å². The Bertz CT molecular complexity index is 131. The Balaban J connectivity index is 2.02. The Kier molecular flexibility index (Phi) is 5.14. The molecule has 1 fully saturated rings. The number of ether oxygens (including phenoxy) is 1. The van der Waals surface area contributed by atoms with Gasteiger partial charge in [-0.05, 0) is 39.0 Å². The fourth-order valence-electron chi connectivity index (χ4n) is 1.60. The molecular weight excluding hydrogens is 184 g/mol. The van der Waals surface area contributed by atoms with Gasteiger partial charge in [0.2, 0.25) is 0 Å². The Morgan fingerprint density at radius 1 is 1.38 bits per heavy atom. The highest BCUT2D eigenvalue weighted by Crippen LogP contribution is 2.21. The Labute approximate surface area is 84.2 Å². The van der Waals surface area contributed by atoms with Crippen LogP contribution in [0.25, 0.3) is 0 Å². The van der Waals surface area contributed by atoms with Crippen LogP contribution in [0.1, 0.15) is 33.1 Å². The van der Waals surface area contributed by atoms with E-state index in [-0.39, 0.29) is 0 Å². The van der Waals surface area contributed by atoms with Crippen LogP contribution in [0.3, 0.4) is 0 Å². The summed E-state index contributed by atoms with van der Waals surface area (Å²) in [7, 11) is 0. The fraction of sp³-hybridized carbons (Fsp3) is 1.00. The minimum absolute atomic E-state index is 0.345. The topological polar surface area (TPSA) is 32.3 Å². The molecule has 1 aliphatic heterocycles. The average molecular weight is 204 g/mol. The lowest BCUT2D eigenvalue weighted by Crippen LogP contribution is -2.24. The van der Waals surface area contributed by atoms with Crippen molar-refractivity contribution in [2.45, 2.75) is 39.2 Å². The second kappa shape index (κ2) is 5.89. The first kappa shape index (κ1) is 11.3. The standard InChI is InChI=1S/C10H20O2S/c1-9(2)12-6-3-10-4-7-13(11)8-5-10/h9-10H,3-8H2,1-2H3. The van der Waals surface area contributed by atoms with Crippen LogP contribution in [0.15, 0.2) is 0 Å². The van der Waals surface area contributed by atoms with Crippen molar-refractivity contribution in [3.8, 4) is 0 Å². The first-order chi connectivity index (χ1) is 6.18. The molecule has 1 heterocycles. The lowest BCUT2D eigenvalue weighted by molar-refractivity contribution is 0.0675. The van der Waals surface area contributed by atoms with E-state index in [0.29, 0.717) is 6.10 Å². The van der Waals surface area contributed by atoms with Crippen molar-refractivity contribution in [3.63, 3.8) is 0 Å². The molecule has 0 N–H and O–H groups in total. The van der Waals surface area contributed by atoms with E-state index < -0.39 is 11.2 Å². The van der Waals surface area contributed by atoms with Gasteiger partial charge >= 0.3 is 0 Å². The van der Waals surface area contributed by atoms with Gasteiger partial charge in [0, 0.05) is 6.61 Å². The van der Waals surface area contributed by atoms with Crippen LogP contribution >= 0.6 is 0 Å². The predicted molar refractivity (Wildman–Crippen MR) is 56.3 cm³/mol. The molecule has 0 spiro atoms. The molecule has 0 aromatic heterocycles. The summed E-state index contributed by atoms with van der Waals surface area (Å²) in [6.45, 7) is 5.00. The van der Waals surface area contributed by atoms with Crippen molar-refractivity contribution < 1.29 is 9.29 Å². The van der Waals surface area contributed by atoms with E-state index in [1.165, 1.54) is 0 Å². The van der Waals surface area contributed by atoms with E-state index in [1.54, 1.807) is 0 Å². The molecule has 0 bridgehead atoms. The van der Waals surface area contributed by atoms with E-state index >= 15 is 0 Å². The molecular formula is C10H20O2S. The number of hydrogen-bond donors (Lipinski definition) is 0. The third kappa shape index (κ3) is 4.89. The van der Waals surface area contributed by atoms with Crippen molar-refractivity contribution in [3.05, 3.63) is 0 Å². The van der Waals surface area contributed by atoms with Crippen LogP contribution in [-0.4, -0.2) is 28.8 Å². The molecule has 1 aliphatic rings. The predicted octanol–water partition coefficient (Wildman–Crippen LogP) is 1.96. The van der Waals surface area contributed by atoms with Gasteiger partial charge in [0.25, 0.3) is 0 Å². The average Bonchev–Trinajstić information content (AvgIpc) is 2.08. The lowest BCUT2D eigenvalue weighted by atomic mass is 10.00. The third-order valence-corrected chi connectivity index (χ3v) is 3.87.